The lowest BCUT2D eigenvalue weighted by atomic mass is 10.1. The first-order valence-corrected chi connectivity index (χ1v) is 10.4. The van der Waals surface area contributed by atoms with Crippen LogP contribution < -0.4 is 10.2 Å². The molecule has 2 aromatic carbocycles. The SMILES string of the molecule is Cc1nnc(N2C(=O)c3ccc(C(=O)OCC(=O)Nc4cccc(C)c4C)cc3C2=O)s1. The molecule has 1 N–H and O–H groups in total. The van der Waals surface area contributed by atoms with Crippen LogP contribution in [-0.2, 0) is 9.53 Å². The van der Waals surface area contributed by atoms with Crippen LogP contribution in [0.3, 0.4) is 0 Å². The molecular weight excluding hydrogens is 432 g/mol. The maximum Gasteiger partial charge on any atom is 0.338 e. The standard InChI is InChI=1S/C22H18N4O5S/c1-11-5-4-6-17(12(11)2)23-18(27)10-31-21(30)14-7-8-15-16(9-14)20(29)26(19(15)28)22-25-24-13(3)32-22/h4-9H,10H2,1-3H3,(H,23,27). The predicted molar refractivity (Wildman–Crippen MR) is 117 cm³/mol. The number of nitrogens with zero attached hydrogens (tertiary/aromatic N) is 3. The smallest absolute Gasteiger partial charge is 0.338 e. The van der Waals surface area contributed by atoms with E-state index < -0.39 is 30.3 Å². The van der Waals surface area contributed by atoms with Crippen molar-refractivity contribution < 1.29 is 23.9 Å². The molecule has 0 bridgehead atoms. The van der Waals surface area contributed by atoms with Gasteiger partial charge < -0.3 is 10.1 Å². The first-order chi connectivity index (χ1) is 15.3. The topological polar surface area (TPSA) is 119 Å². The van der Waals surface area contributed by atoms with Crippen molar-refractivity contribution in [2.24, 2.45) is 0 Å². The molecule has 0 spiro atoms. The van der Waals surface area contributed by atoms with Crippen molar-refractivity contribution in [1.29, 1.82) is 0 Å². The van der Waals surface area contributed by atoms with Gasteiger partial charge in [-0.1, -0.05) is 23.5 Å². The van der Waals surface area contributed by atoms with Crippen molar-refractivity contribution in [1.82, 2.24) is 10.2 Å². The minimum absolute atomic E-state index is 0.0553. The zero-order valence-corrected chi connectivity index (χ0v) is 18.3. The summed E-state index contributed by atoms with van der Waals surface area (Å²) in [6.07, 6.45) is 0. The quantitative estimate of drug-likeness (QED) is 0.469. The highest BCUT2D eigenvalue weighted by molar-refractivity contribution is 7.15. The van der Waals surface area contributed by atoms with E-state index in [9.17, 15) is 19.2 Å². The summed E-state index contributed by atoms with van der Waals surface area (Å²) in [6, 6.07) is 9.56. The number of nitrogens with one attached hydrogen (secondary N) is 1. The Balaban J connectivity index is 1.44. The Kier molecular flexibility index (Phi) is 5.54. The van der Waals surface area contributed by atoms with Gasteiger partial charge in [0.1, 0.15) is 5.01 Å². The molecule has 0 radical (unpaired) electrons. The molecule has 9 nitrogen and oxygen atoms in total. The molecular formula is C22H18N4O5S. The van der Waals surface area contributed by atoms with Gasteiger partial charge in [-0.15, -0.1) is 10.2 Å². The monoisotopic (exact) mass is 450 g/mol. The van der Waals surface area contributed by atoms with Crippen LogP contribution in [0.2, 0.25) is 0 Å². The molecule has 0 aliphatic carbocycles. The number of ether oxygens (including phenoxy) is 1. The highest BCUT2D eigenvalue weighted by Crippen LogP contribution is 2.31. The number of hydrogen-bond donors (Lipinski definition) is 1. The lowest BCUT2D eigenvalue weighted by Gasteiger charge is -2.10. The normalized spacial score (nSPS) is 12.7. The highest BCUT2D eigenvalue weighted by atomic mass is 32.1. The van der Waals surface area contributed by atoms with Crippen molar-refractivity contribution in [3.8, 4) is 0 Å². The number of hydrogen-bond acceptors (Lipinski definition) is 8. The molecule has 3 aromatic rings. The van der Waals surface area contributed by atoms with Gasteiger partial charge in [-0.25, -0.2) is 9.69 Å². The minimum atomic E-state index is -0.783. The highest BCUT2D eigenvalue weighted by Gasteiger charge is 2.39. The molecule has 1 aliphatic heterocycles. The lowest BCUT2D eigenvalue weighted by molar-refractivity contribution is -0.119. The van der Waals surface area contributed by atoms with Gasteiger partial charge in [0.15, 0.2) is 6.61 Å². The van der Waals surface area contributed by atoms with Gasteiger partial charge in [-0.05, 0) is 56.2 Å². The maximum absolute atomic E-state index is 12.7. The van der Waals surface area contributed by atoms with Crippen molar-refractivity contribution in [2.75, 3.05) is 16.8 Å². The summed E-state index contributed by atoms with van der Waals surface area (Å²) in [5, 5.41) is 11.2. The number of benzene rings is 2. The van der Waals surface area contributed by atoms with Crippen molar-refractivity contribution >= 4 is 45.8 Å². The van der Waals surface area contributed by atoms with E-state index in [1.807, 2.05) is 26.0 Å². The number of carbonyl (C=O) groups excluding carboxylic acids is 4. The number of aryl methyl sites for hydroxylation is 2. The van der Waals surface area contributed by atoms with E-state index >= 15 is 0 Å². The third-order valence-electron chi connectivity index (χ3n) is 5.04. The fourth-order valence-electron chi connectivity index (χ4n) is 3.21. The van der Waals surface area contributed by atoms with Crippen LogP contribution in [-0.4, -0.2) is 40.5 Å². The van der Waals surface area contributed by atoms with Gasteiger partial charge in [0.25, 0.3) is 17.7 Å². The summed E-state index contributed by atoms with van der Waals surface area (Å²) in [5.74, 6) is -2.40. The van der Waals surface area contributed by atoms with Crippen LogP contribution >= 0.6 is 11.3 Å². The number of imide groups is 1. The zero-order chi connectivity index (χ0) is 23.0. The molecule has 162 valence electrons. The fourth-order valence-corrected chi connectivity index (χ4v) is 3.89. The molecule has 10 heteroatoms. The summed E-state index contributed by atoms with van der Waals surface area (Å²) in [7, 11) is 0. The maximum atomic E-state index is 12.7. The molecule has 1 aliphatic rings. The molecule has 4 rings (SSSR count). The van der Waals surface area contributed by atoms with Gasteiger partial charge in [0, 0.05) is 5.69 Å². The molecule has 32 heavy (non-hydrogen) atoms. The Hall–Kier alpha value is -3.92. The molecule has 3 amide bonds. The average molecular weight is 450 g/mol. The molecule has 1 aromatic heterocycles. The fraction of sp³-hybridized carbons (Fsp3) is 0.182. The largest absolute Gasteiger partial charge is 0.452 e. The Morgan fingerprint density at radius 3 is 2.50 bits per heavy atom. The Bertz CT molecular complexity index is 1280. The predicted octanol–water partition coefficient (Wildman–Crippen LogP) is 3.06. The van der Waals surface area contributed by atoms with E-state index in [0.29, 0.717) is 10.7 Å². The van der Waals surface area contributed by atoms with Gasteiger partial charge in [0.2, 0.25) is 5.13 Å². The van der Waals surface area contributed by atoms with Gasteiger partial charge in [-0.2, -0.15) is 0 Å². The number of carbonyl (C=O) groups is 4. The second kappa shape index (κ2) is 8.31. The number of amides is 3. The summed E-state index contributed by atoms with van der Waals surface area (Å²) in [5.41, 5.74) is 2.86. The van der Waals surface area contributed by atoms with Gasteiger partial charge in [0.05, 0.1) is 16.7 Å². The second-order valence-electron chi connectivity index (χ2n) is 7.18. The van der Waals surface area contributed by atoms with Crippen molar-refractivity contribution in [2.45, 2.75) is 20.8 Å². The Morgan fingerprint density at radius 1 is 1.03 bits per heavy atom. The molecule has 0 unspecified atom stereocenters. The number of rotatable bonds is 5. The van der Waals surface area contributed by atoms with E-state index in [0.717, 1.165) is 27.4 Å². The second-order valence-corrected chi connectivity index (χ2v) is 8.34. The minimum Gasteiger partial charge on any atom is -0.452 e. The van der Waals surface area contributed by atoms with Crippen LogP contribution in [0, 0.1) is 20.8 Å². The van der Waals surface area contributed by atoms with E-state index in [4.69, 9.17) is 4.74 Å². The molecule has 0 atom stereocenters. The van der Waals surface area contributed by atoms with E-state index in [-0.39, 0.29) is 21.8 Å². The first kappa shape index (κ1) is 21.3. The van der Waals surface area contributed by atoms with Gasteiger partial charge >= 0.3 is 5.97 Å². The summed E-state index contributed by atoms with van der Waals surface area (Å²) in [4.78, 5) is 50.9. The summed E-state index contributed by atoms with van der Waals surface area (Å²) >= 11 is 1.11. The molecule has 0 fully saturated rings. The summed E-state index contributed by atoms with van der Waals surface area (Å²) < 4.78 is 5.09. The molecule has 2 heterocycles. The van der Waals surface area contributed by atoms with Crippen LogP contribution in [0.1, 0.15) is 47.2 Å². The summed E-state index contributed by atoms with van der Waals surface area (Å²) in [6.45, 7) is 5.03. The lowest BCUT2D eigenvalue weighted by Crippen LogP contribution is -2.29. The molecule has 0 saturated carbocycles. The van der Waals surface area contributed by atoms with Crippen LogP contribution in [0.5, 0.6) is 0 Å². The van der Waals surface area contributed by atoms with E-state index in [2.05, 4.69) is 15.5 Å². The Labute approximate surface area is 187 Å². The Morgan fingerprint density at radius 2 is 1.78 bits per heavy atom. The third kappa shape index (κ3) is 3.87. The number of fused-ring (bicyclic) bond motifs is 1. The van der Waals surface area contributed by atoms with E-state index in [1.165, 1.54) is 18.2 Å². The van der Waals surface area contributed by atoms with Crippen LogP contribution in [0.4, 0.5) is 10.8 Å². The van der Waals surface area contributed by atoms with E-state index in [1.54, 1.807) is 13.0 Å². The zero-order valence-electron chi connectivity index (χ0n) is 17.5. The van der Waals surface area contributed by atoms with Crippen LogP contribution in [0.15, 0.2) is 36.4 Å². The van der Waals surface area contributed by atoms with Crippen molar-refractivity contribution in [3.63, 3.8) is 0 Å². The number of anilines is 2. The van der Waals surface area contributed by atoms with Crippen LogP contribution in [0.25, 0.3) is 0 Å². The third-order valence-corrected chi connectivity index (χ3v) is 5.87. The number of aromatic nitrogens is 2. The average Bonchev–Trinajstić information content (AvgIpc) is 3.30. The molecule has 0 saturated heterocycles. The van der Waals surface area contributed by atoms with Gasteiger partial charge in [-0.3, -0.25) is 14.4 Å². The first-order valence-electron chi connectivity index (χ1n) is 9.62. The van der Waals surface area contributed by atoms with Crippen molar-refractivity contribution in [3.05, 3.63) is 69.2 Å². The number of esters is 1.